The highest BCUT2D eigenvalue weighted by Crippen LogP contribution is 2.55. The van der Waals surface area contributed by atoms with Gasteiger partial charge in [0.25, 0.3) is 0 Å². The third-order valence-electron chi connectivity index (χ3n) is 6.21. The van der Waals surface area contributed by atoms with Gasteiger partial charge in [-0.3, -0.25) is 4.79 Å². The number of aliphatic hydroxyl groups is 2. The highest BCUT2D eigenvalue weighted by molar-refractivity contribution is 5.93. The molecule has 2 fully saturated rings. The van der Waals surface area contributed by atoms with Crippen LogP contribution in [-0.2, 0) is 19.7 Å². The van der Waals surface area contributed by atoms with E-state index in [9.17, 15) is 19.8 Å². The number of ketones is 1. The molecule has 0 amide bonds. The fourth-order valence-electron chi connectivity index (χ4n) is 4.71. The maximum atomic E-state index is 13.1. The molecule has 1 aliphatic heterocycles. The number of aliphatic hydroxyl groups excluding tert-OH is 1. The largest absolute Gasteiger partial charge is 0.465 e. The van der Waals surface area contributed by atoms with Crippen molar-refractivity contribution in [2.45, 2.75) is 49.1 Å². The molecule has 2 aliphatic rings. The van der Waals surface area contributed by atoms with Crippen LogP contribution in [0.2, 0.25) is 0 Å². The van der Waals surface area contributed by atoms with Crippen LogP contribution in [-0.4, -0.2) is 41.0 Å². The summed E-state index contributed by atoms with van der Waals surface area (Å²) in [6, 6.07) is 15.6. The Bertz CT molecular complexity index is 909. The topological polar surface area (TPSA) is 93.1 Å². The van der Waals surface area contributed by atoms with E-state index < -0.39 is 29.4 Å². The lowest BCUT2D eigenvalue weighted by Crippen LogP contribution is -2.56. The van der Waals surface area contributed by atoms with Gasteiger partial charge >= 0.3 is 5.97 Å². The summed E-state index contributed by atoms with van der Waals surface area (Å²) in [6.07, 6.45) is -0.377. The summed E-state index contributed by atoms with van der Waals surface area (Å²) in [4.78, 5) is 24.7. The number of Topliss-reactive ketones (excluding diaryl/α,β-unsaturated/α-hetero) is 1. The molecule has 2 N–H and O–H groups in total. The summed E-state index contributed by atoms with van der Waals surface area (Å²) in [5.74, 6) is -2.17. The number of carbonyl (C=O) groups is 2. The molecule has 0 unspecified atom stereocenters. The Kier molecular flexibility index (Phi) is 5.02. The van der Waals surface area contributed by atoms with Gasteiger partial charge in [0.05, 0.1) is 18.8 Å². The maximum Gasteiger partial charge on any atom is 0.337 e. The molecule has 1 saturated heterocycles. The van der Waals surface area contributed by atoms with Crippen LogP contribution in [0.4, 0.5) is 0 Å². The molecule has 1 aliphatic carbocycles. The molecule has 0 radical (unpaired) electrons. The number of methoxy groups -OCH3 is 1. The molecule has 29 heavy (non-hydrogen) atoms. The summed E-state index contributed by atoms with van der Waals surface area (Å²) in [7, 11) is 1.31. The van der Waals surface area contributed by atoms with Gasteiger partial charge in [0.15, 0.2) is 5.79 Å². The van der Waals surface area contributed by atoms with E-state index >= 15 is 0 Å². The Morgan fingerprint density at radius 2 is 1.86 bits per heavy atom. The molecule has 152 valence electrons. The van der Waals surface area contributed by atoms with Gasteiger partial charge in [-0.05, 0) is 36.1 Å². The predicted octanol–water partition coefficient (Wildman–Crippen LogP) is 2.68. The van der Waals surface area contributed by atoms with Crippen molar-refractivity contribution >= 4 is 11.8 Å². The Morgan fingerprint density at radius 3 is 2.52 bits per heavy atom. The maximum absolute atomic E-state index is 13.1. The van der Waals surface area contributed by atoms with Gasteiger partial charge in [-0.15, -0.1) is 0 Å². The zero-order valence-electron chi connectivity index (χ0n) is 16.2. The van der Waals surface area contributed by atoms with Gasteiger partial charge in [-0.1, -0.05) is 42.5 Å². The van der Waals surface area contributed by atoms with E-state index in [4.69, 9.17) is 9.47 Å². The molecule has 6 heteroatoms. The minimum atomic E-state index is -1.65. The minimum absolute atomic E-state index is 0.0619. The molecule has 0 spiro atoms. The van der Waals surface area contributed by atoms with Crippen molar-refractivity contribution in [3.8, 4) is 0 Å². The van der Waals surface area contributed by atoms with Gasteiger partial charge in [-0.2, -0.15) is 0 Å². The highest BCUT2D eigenvalue weighted by atomic mass is 16.6. The number of hydrogen-bond donors (Lipinski definition) is 2. The Labute approximate surface area is 169 Å². The van der Waals surface area contributed by atoms with Crippen LogP contribution < -0.4 is 0 Å². The standard InChI is InChI=1S/C23H24O6/c1-28-21(26)16-11-9-15(10-12-16)20(25)18-14-22(17-6-3-2-4-7-17)19(24)8-5-13-23(22,27)29-18/h2-4,6-7,9-12,18,20,25,27H,5,8,13-14H2,1H3/t18-,20-,22+,23+/m1/s1. The number of carbonyl (C=O) groups excluding carboxylic acids is 2. The quantitative estimate of drug-likeness (QED) is 0.772. The normalized spacial score (nSPS) is 29.9. The lowest BCUT2D eigenvalue weighted by molar-refractivity contribution is -0.239. The lowest BCUT2D eigenvalue weighted by atomic mass is 9.63. The van der Waals surface area contributed by atoms with Crippen LogP contribution in [0, 0.1) is 0 Å². The van der Waals surface area contributed by atoms with Crippen LogP contribution in [0.25, 0.3) is 0 Å². The van der Waals surface area contributed by atoms with E-state index in [1.807, 2.05) is 30.3 Å². The number of fused-ring (bicyclic) bond motifs is 1. The SMILES string of the molecule is COC(=O)c1ccc([C@@H](O)[C@H]2C[C@]3(c4ccccc4)C(=O)CCC[C@]3(O)O2)cc1. The third kappa shape index (κ3) is 3.08. The van der Waals surface area contributed by atoms with Crippen LogP contribution in [0.1, 0.15) is 53.3 Å². The number of rotatable bonds is 4. The molecule has 2 aromatic rings. The van der Waals surface area contributed by atoms with Gasteiger partial charge in [0.2, 0.25) is 0 Å². The van der Waals surface area contributed by atoms with E-state index in [2.05, 4.69) is 0 Å². The van der Waals surface area contributed by atoms with E-state index in [0.29, 0.717) is 36.0 Å². The zero-order valence-corrected chi connectivity index (χ0v) is 16.2. The van der Waals surface area contributed by atoms with Crippen molar-refractivity contribution in [3.63, 3.8) is 0 Å². The summed E-state index contributed by atoms with van der Waals surface area (Å²) in [5.41, 5.74) is 0.437. The molecule has 1 saturated carbocycles. The van der Waals surface area contributed by atoms with E-state index in [-0.39, 0.29) is 12.2 Å². The monoisotopic (exact) mass is 396 g/mol. The summed E-state index contributed by atoms with van der Waals surface area (Å²) in [6.45, 7) is 0. The second kappa shape index (κ2) is 7.37. The van der Waals surface area contributed by atoms with Gasteiger partial charge in [-0.25, -0.2) is 4.79 Å². The summed E-state index contributed by atoms with van der Waals surface area (Å²) in [5, 5.41) is 22.3. The number of hydrogen-bond acceptors (Lipinski definition) is 6. The fraction of sp³-hybridized carbons (Fsp3) is 0.391. The number of benzene rings is 2. The number of esters is 1. The first-order valence-electron chi connectivity index (χ1n) is 9.77. The minimum Gasteiger partial charge on any atom is -0.465 e. The van der Waals surface area contributed by atoms with Crippen LogP contribution in [0.5, 0.6) is 0 Å². The average molecular weight is 396 g/mol. The van der Waals surface area contributed by atoms with Crippen molar-refractivity contribution in [3.05, 3.63) is 71.3 Å². The summed E-state index contributed by atoms with van der Waals surface area (Å²) < 4.78 is 10.7. The van der Waals surface area contributed by atoms with Crippen LogP contribution in [0.15, 0.2) is 54.6 Å². The predicted molar refractivity (Wildman–Crippen MR) is 104 cm³/mol. The third-order valence-corrected chi connectivity index (χ3v) is 6.21. The van der Waals surface area contributed by atoms with Gasteiger partial charge < -0.3 is 19.7 Å². The second-order valence-electron chi connectivity index (χ2n) is 7.75. The first-order chi connectivity index (χ1) is 13.9. The van der Waals surface area contributed by atoms with E-state index in [1.54, 1.807) is 24.3 Å². The molecule has 0 aromatic heterocycles. The van der Waals surface area contributed by atoms with Crippen molar-refractivity contribution in [1.29, 1.82) is 0 Å². The van der Waals surface area contributed by atoms with Crippen molar-refractivity contribution in [1.82, 2.24) is 0 Å². The van der Waals surface area contributed by atoms with Gasteiger partial charge in [0.1, 0.15) is 17.3 Å². The molecule has 4 rings (SSSR count). The van der Waals surface area contributed by atoms with Crippen molar-refractivity contribution in [2.75, 3.05) is 7.11 Å². The molecule has 1 heterocycles. The van der Waals surface area contributed by atoms with Crippen molar-refractivity contribution in [2.24, 2.45) is 0 Å². The number of ether oxygens (including phenoxy) is 2. The smallest absolute Gasteiger partial charge is 0.337 e. The van der Waals surface area contributed by atoms with Crippen LogP contribution in [0.3, 0.4) is 0 Å². The van der Waals surface area contributed by atoms with Gasteiger partial charge in [0, 0.05) is 12.8 Å². The fourth-order valence-corrected chi connectivity index (χ4v) is 4.71. The molecule has 6 nitrogen and oxygen atoms in total. The van der Waals surface area contributed by atoms with E-state index in [0.717, 1.165) is 0 Å². The Balaban J connectivity index is 1.67. The zero-order chi connectivity index (χ0) is 20.6. The second-order valence-corrected chi connectivity index (χ2v) is 7.75. The first kappa shape index (κ1) is 19.8. The average Bonchev–Trinajstić information content (AvgIpc) is 3.09. The molecule has 0 bridgehead atoms. The highest BCUT2D eigenvalue weighted by Gasteiger charge is 2.66. The summed E-state index contributed by atoms with van der Waals surface area (Å²) >= 11 is 0. The molecular weight excluding hydrogens is 372 g/mol. The molecular formula is C23H24O6. The van der Waals surface area contributed by atoms with Crippen molar-refractivity contribution < 1.29 is 29.3 Å². The van der Waals surface area contributed by atoms with Crippen LogP contribution >= 0.6 is 0 Å². The Hall–Kier alpha value is -2.54. The molecule has 4 atom stereocenters. The lowest BCUT2D eigenvalue weighted by Gasteiger charge is -2.43. The first-order valence-corrected chi connectivity index (χ1v) is 9.77. The Morgan fingerprint density at radius 1 is 1.17 bits per heavy atom. The van der Waals surface area contributed by atoms with E-state index in [1.165, 1.54) is 7.11 Å². The molecule has 2 aromatic carbocycles.